The zero-order valence-corrected chi connectivity index (χ0v) is 17.5. The molecule has 3 N–H and O–H groups in total. The highest BCUT2D eigenvalue weighted by atomic mass is 32.2. The third kappa shape index (κ3) is 7.28. The van der Waals surface area contributed by atoms with Crippen LogP contribution in [0.2, 0.25) is 0 Å². The Morgan fingerprint density at radius 1 is 1.10 bits per heavy atom. The smallest absolute Gasteiger partial charge is 0.243 e. The molecule has 0 aliphatic heterocycles. The number of pyridine rings is 1. The van der Waals surface area contributed by atoms with Crippen molar-refractivity contribution in [3.63, 3.8) is 0 Å². The number of nitrogens with zero attached hydrogens (tertiary/aromatic N) is 1. The molecule has 1 atom stereocenters. The second-order valence-corrected chi connectivity index (χ2v) is 8.84. The zero-order valence-electron chi connectivity index (χ0n) is 16.7. The molecule has 8 nitrogen and oxygen atoms in total. The van der Waals surface area contributed by atoms with E-state index in [1.165, 1.54) is 18.3 Å². The highest BCUT2D eigenvalue weighted by molar-refractivity contribution is 7.89. The van der Waals surface area contributed by atoms with Gasteiger partial charge in [-0.15, -0.1) is 0 Å². The highest BCUT2D eigenvalue weighted by Gasteiger charge is 2.26. The first kappa shape index (κ1) is 22.5. The van der Waals surface area contributed by atoms with Gasteiger partial charge in [-0.3, -0.25) is 14.6 Å². The number of benzene rings is 1. The Hall–Kier alpha value is -2.78. The molecule has 0 saturated heterocycles. The van der Waals surface area contributed by atoms with E-state index in [9.17, 15) is 18.0 Å². The summed E-state index contributed by atoms with van der Waals surface area (Å²) in [6.07, 6.45) is 3.35. The Morgan fingerprint density at radius 2 is 1.79 bits per heavy atom. The maximum atomic E-state index is 12.6. The average Bonchev–Trinajstić information content (AvgIpc) is 2.66. The van der Waals surface area contributed by atoms with E-state index in [2.05, 4.69) is 20.3 Å². The van der Waals surface area contributed by atoms with Crippen LogP contribution in [0.4, 0.5) is 5.69 Å². The molecule has 1 heterocycles. The summed E-state index contributed by atoms with van der Waals surface area (Å²) >= 11 is 0. The van der Waals surface area contributed by atoms with E-state index in [0.29, 0.717) is 12.1 Å². The SMILES string of the molecule is Cc1ccc(S(=O)(=O)NC(CC(C)C)C(=O)NCC(=O)Nc2cccnc2)cc1. The van der Waals surface area contributed by atoms with Crippen molar-refractivity contribution in [3.05, 3.63) is 54.4 Å². The maximum Gasteiger partial charge on any atom is 0.243 e. The van der Waals surface area contributed by atoms with Crippen LogP contribution in [0.3, 0.4) is 0 Å². The van der Waals surface area contributed by atoms with Gasteiger partial charge in [-0.25, -0.2) is 8.42 Å². The molecule has 1 aromatic heterocycles. The normalized spacial score (nSPS) is 12.4. The number of aromatic nitrogens is 1. The molecule has 0 aliphatic carbocycles. The van der Waals surface area contributed by atoms with Crippen molar-refractivity contribution >= 4 is 27.5 Å². The minimum atomic E-state index is -3.87. The van der Waals surface area contributed by atoms with Gasteiger partial charge in [-0.1, -0.05) is 31.5 Å². The lowest BCUT2D eigenvalue weighted by Gasteiger charge is -2.20. The molecular weight excluding hydrogens is 392 g/mol. The molecule has 2 amide bonds. The number of hydrogen-bond donors (Lipinski definition) is 3. The van der Waals surface area contributed by atoms with Crippen LogP contribution in [-0.4, -0.2) is 37.8 Å². The van der Waals surface area contributed by atoms with Gasteiger partial charge in [0.1, 0.15) is 6.04 Å². The number of aryl methyl sites for hydroxylation is 1. The molecule has 9 heteroatoms. The van der Waals surface area contributed by atoms with Crippen LogP contribution >= 0.6 is 0 Å². The number of rotatable bonds is 9. The Bertz CT molecular complexity index is 929. The topological polar surface area (TPSA) is 117 Å². The van der Waals surface area contributed by atoms with E-state index in [1.807, 2.05) is 20.8 Å². The summed E-state index contributed by atoms with van der Waals surface area (Å²) in [5, 5.41) is 5.09. The standard InChI is InChI=1S/C20H26N4O4S/c1-14(2)11-18(24-29(27,28)17-8-6-15(3)7-9-17)20(26)22-13-19(25)23-16-5-4-10-21-12-16/h4-10,12,14,18,24H,11,13H2,1-3H3,(H,22,26)(H,23,25). The number of carbonyl (C=O) groups is 2. The maximum absolute atomic E-state index is 12.6. The van der Waals surface area contributed by atoms with Crippen LogP contribution in [0.5, 0.6) is 0 Å². The molecule has 0 radical (unpaired) electrons. The van der Waals surface area contributed by atoms with Crippen molar-refractivity contribution in [3.8, 4) is 0 Å². The number of nitrogens with one attached hydrogen (secondary N) is 3. The molecule has 0 aliphatic rings. The molecular formula is C20H26N4O4S. The van der Waals surface area contributed by atoms with Crippen molar-refractivity contribution in [1.29, 1.82) is 0 Å². The van der Waals surface area contributed by atoms with E-state index in [-0.39, 0.29) is 17.4 Å². The molecule has 0 bridgehead atoms. The molecule has 1 unspecified atom stereocenters. The summed E-state index contributed by atoms with van der Waals surface area (Å²) < 4.78 is 27.7. The Kier molecular flexibility index (Phi) is 7.86. The highest BCUT2D eigenvalue weighted by Crippen LogP contribution is 2.13. The molecule has 2 rings (SSSR count). The van der Waals surface area contributed by atoms with Crippen molar-refractivity contribution in [2.24, 2.45) is 5.92 Å². The van der Waals surface area contributed by atoms with Crippen LogP contribution in [0.25, 0.3) is 0 Å². The Balaban J connectivity index is 2.01. The first-order valence-corrected chi connectivity index (χ1v) is 10.7. The van der Waals surface area contributed by atoms with Gasteiger partial charge in [0.05, 0.1) is 23.3 Å². The van der Waals surface area contributed by atoms with Gasteiger partial charge in [0.15, 0.2) is 0 Å². The second-order valence-electron chi connectivity index (χ2n) is 7.12. The van der Waals surface area contributed by atoms with E-state index in [0.717, 1.165) is 5.56 Å². The number of hydrogen-bond acceptors (Lipinski definition) is 5. The molecule has 29 heavy (non-hydrogen) atoms. The van der Waals surface area contributed by atoms with E-state index < -0.39 is 27.9 Å². The fourth-order valence-electron chi connectivity index (χ4n) is 2.59. The van der Waals surface area contributed by atoms with Crippen LogP contribution in [0, 0.1) is 12.8 Å². The summed E-state index contributed by atoms with van der Waals surface area (Å²) in [4.78, 5) is 28.5. The van der Waals surface area contributed by atoms with Crippen LogP contribution in [0.1, 0.15) is 25.8 Å². The average molecular weight is 419 g/mol. The van der Waals surface area contributed by atoms with Gasteiger partial charge in [-0.2, -0.15) is 4.72 Å². The van der Waals surface area contributed by atoms with Crippen molar-refractivity contribution in [1.82, 2.24) is 15.0 Å². The lowest BCUT2D eigenvalue weighted by atomic mass is 10.0. The molecule has 0 spiro atoms. The summed E-state index contributed by atoms with van der Waals surface area (Å²) in [7, 11) is -3.87. The van der Waals surface area contributed by atoms with Gasteiger partial charge in [-0.05, 0) is 43.5 Å². The van der Waals surface area contributed by atoms with Crippen LogP contribution in [-0.2, 0) is 19.6 Å². The van der Waals surface area contributed by atoms with E-state index in [1.54, 1.807) is 30.5 Å². The number of amides is 2. The molecule has 0 saturated carbocycles. The fourth-order valence-corrected chi connectivity index (χ4v) is 3.79. The minimum Gasteiger partial charge on any atom is -0.346 e. The van der Waals surface area contributed by atoms with Gasteiger partial charge < -0.3 is 10.6 Å². The third-order valence-electron chi connectivity index (χ3n) is 4.02. The predicted octanol–water partition coefficient (Wildman–Crippen LogP) is 1.84. The van der Waals surface area contributed by atoms with Crippen molar-refractivity contribution in [2.45, 2.75) is 38.1 Å². The van der Waals surface area contributed by atoms with Crippen molar-refractivity contribution < 1.29 is 18.0 Å². The Morgan fingerprint density at radius 3 is 2.38 bits per heavy atom. The van der Waals surface area contributed by atoms with Crippen LogP contribution in [0.15, 0.2) is 53.7 Å². The quantitative estimate of drug-likeness (QED) is 0.574. The molecule has 156 valence electrons. The number of sulfonamides is 1. The van der Waals surface area contributed by atoms with Crippen LogP contribution < -0.4 is 15.4 Å². The lowest BCUT2D eigenvalue weighted by molar-refractivity contribution is -0.125. The molecule has 1 aromatic carbocycles. The number of anilines is 1. The first-order valence-electron chi connectivity index (χ1n) is 9.24. The van der Waals surface area contributed by atoms with Gasteiger partial charge in [0, 0.05) is 6.20 Å². The lowest BCUT2D eigenvalue weighted by Crippen LogP contribution is -2.48. The molecule has 2 aromatic rings. The Labute approximate surface area is 171 Å². The summed E-state index contributed by atoms with van der Waals surface area (Å²) in [5.41, 5.74) is 1.44. The zero-order chi connectivity index (χ0) is 21.4. The summed E-state index contributed by atoms with van der Waals surface area (Å²) in [6, 6.07) is 8.71. The minimum absolute atomic E-state index is 0.0655. The summed E-state index contributed by atoms with van der Waals surface area (Å²) in [5.74, 6) is -0.928. The van der Waals surface area contributed by atoms with Gasteiger partial charge in [0.25, 0.3) is 0 Å². The van der Waals surface area contributed by atoms with Gasteiger partial charge >= 0.3 is 0 Å². The van der Waals surface area contributed by atoms with E-state index >= 15 is 0 Å². The van der Waals surface area contributed by atoms with E-state index in [4.69, 9.17) is 0 Å². The summed E-state index contributed by atoms with van der Waals surface area (Å²) in [6.45, 7) is 5.34. The monoisotopic (exact) mass is 418 g/mol. The van der Waals surface area contributed by atoms with Crippen molar-refractivity contribution in [2.75, 3.05) is 11.9 Å². The fraction of sp³-hybridized carbons (Fsp3) is 0.350. The second kappa shape index (κ2) is 10.1. The third-order valence-corrected chi connectivity index (χ3v) is 5.51. The van der Waals surface area contributed by atoms with Gasteiger partial charge in [0.2, 0.25) is 21.8 Å². The first-order chi connectivity index (χ1) is 13.7. The predicted molar refractivity (Wildman–Crippen MR) is 111 cm³/mol. The molecule has 0 fully saturated rings. The largest absolute Gasteiger partial charge is 0.346 e. The number of carbonyl (C=O) groups excluding carboxylic acids is 2.